The van der Waals surface area contributed by atoms with Gasteiger partial charge in [-0.3, -0.25) is 19.3 Å². The number of hydrogen-bond acceptors (Lipinski definition) is 6. The molecule has 0 fully saturated rings. The minimum Gasteiger partial charge on any atom is -0.389 e. The average molecular weight is 382 g/mol. The Kier molecular flexibility index (Phi) is 5.03. The van der Waals surface area contributed by atoms with Crippen molar-refractivity contribution in [3.8, 4) is 0 Å². The van der Waals surface area contributed by atoms with Gasteiger partial charge in [0.25, 0.3) is 5.56 Å². The van der Waals surface area contributed by atoms with Crippen molar-refractivity contribution >= 4 is 46.0 Å². The van der Waals surface area contributed by atoms with E-state index in [1.165, 1.54) is 10.9 Å². The summed E-state index contributed by atoms with van der Waals surface area (Å²) in [5.74, 6) is -0.192. The molecule has 0 aliphatic heterocycles. The molecule has 2 aromatic heterocycles. The number of nitrogens with zero attached hydrogens (tertiary/aromatic N) is 3. The maximum Gasteiger partial charge on any atom is 0.278 e. The van der Waals surface area contributed by atoms with Crippen molar-refractivity contribution in [2.45, 2.75) is 13.1 Å². The van der Waals surface area contributed by atoms with E-state index in [9.17, 15) is 9.59 Å². The van der Waals surface area contributed by atoms with Crippen LogP contribution in [0.15, 0.2) is 29.2 Å². The summed E-state index contributed by atoms with van der Waals surface area (Å²) >= 11 is 11.8. The number of anilines is 1. The Labute approximate surface area is 151 Å². The van der Waals surface area contributed by atoms with Gasteiger partial charge in [0.2, 0.25) is 5.95 Å². The number of benzene rings is 1. The first-order valence-electron chi connectivity index (χ1n) is 7.24. The van der Waals surface area contributed by atoms with Gasteiger partial charge < -0.3 is 10.4 Å². The molecule has 0 unspecified atom stereocenters. The molecule has 0 bridgehead atoms. The lowest BCUT2D eigenvalue weighted by Gasteiger charge is -2.07. The van der Waals surface area contributed by atoms with Gasteiger partial charge in [0.05, 0.1) is 16.2 Å². The molecule has 0 radical (unpaired) electrons. The zero-order valence-electron chi connectivity index (χ0n) is 12.8. The maximum atomic E-state index is 12.3. The summed E-state index contributed by atoms with van der Waals surface area (Å²) in [6.07, 6.45) is 1.39. The van der Waals surface area contributed by atoms with Crippen molar-refractivity contribution < 1.29 is 9.90 Å². The minimum absolute atomic E-state index is 0.168. The van der Waals surface area contributed by atoms with Gasteiger partial charge in [-0.2, -0.15) is 5.10 Å². The lowest BCUT2D eigenvalue weighted by molar-refractivity contribution is -0.122. The summed E-state index contributed by atoms with van der Waals surface area (Å²) in [4.78, 5) is 30.4. The largest absolute Gasteiger partial charge is 0.389 e. The molecule has 0 spiro atoms. The van der Waals surface area contributed by atoms with Gasteiger partial charge in [-0.25, -0.2) is 4.98 Å². The molecule has 130 valence electrons. The number of halogens is 2. The third kappa shape index (κ3) is 3.81. The van der Waals surface area contributed by atoms with Crippen LogP contribution in [0.3, 0.4) is 0 Å². The standard InChI is InChI=1S/C15H13Cl2N5O3/c16-10-2-1-8(3-11(10)17)4-18-15-20-12-5-19-22(6-9(24)7-23)13(12)14(25)21-15/h1-3,5,23H,4,6-7H2,(H2,18,20,21,25). The number of nitrogens with one attached hydrogen (secondary N) is 2. The number of rotatable bonds is 6. The number of carbonyl (C=O) groups excluding carboxylic acids is 1. The molecule has 0 aliphatic rings. The van der Waals surface area contributed by atoms with Crippen LogP contribution in [0.4, 0.5) is 5.95 Å². The number of aromatic nitrogens is 4. The van der Waals surface area contributed by atoms with Crippen molar-refractivity contribution in [3.05, 3.63) is 50.4 Å². The molecular formula is C15H13Cl2N5O3. The summed E-state index contributed by atoms with van der Waals surface area (Å²) in [7, 11) is 0. The second kappa shape index (κ2) is 7.22. The molecule has 2 heterocycles. The fourth-order valence-electron chi connectivity index (χ4n) is 2.26. The van der Waals surface area contributed by atoms with Crippen molar-refractivity contribution in [1.29, 1.82) is 0 Å². The van der Waals surface area contributed by atoms with E-state index in [0.29, 0.717) is 22.1 Å². The average Bonchev–Trinajstić information content (AvgIpc) is 2.99. The smallest absolute Gasteiger partial charge is 0.278 e. The quantitative estimate of drug-likeness (QED) is 0.597. The number of aromatic amines is 1. The van der Waals surface area contributed by atoms with E-state index < -0.39 is 17.9 Å². The fraction of sp³-hybridized carbons (Fsp3) is 0.200. The molecule has 0 aliphatic carbocycles. The van der Waals surface area contributed by atoms with E-state index in [0.717, 1.165) is 5.56 Å². The lowest BCUT2D eigenvalue weighted by atomic mass is 10.2. The summed E-state index contributed by atoms with van der Waals surface area (Å²) in [5, 5.41) is 16.7. The second-order valence-electron chi connectivity index (χ2n) is 5.25. The highest BCUT2D eigenvalue weighted by molar-refractivity contribution is 6.42. The molecule has 0 saturated heterocycles. The van der Waals surface area contributed by atoms with Gasteiger partial charge in [-0.05, 0) is 17.7 Å². The van der Waals surface area contributed by atoms with Gasteiger partial charge in [0.15, 0.2) is 11.3 Å². The molecule has 8 nitrogen and oxygen atoms in total. The van der Waals surface area contributed by atoms with Gasteiger partial charge >= 0.3 is 0 Å². The SMILES string of the molecule is O=C(CO)Cn1ncc2nc(NCc3ccc(Cl)c(Cl)c3)[nH]c(=O)c21. The molecule has 0 saturated carbocycles. The van der Waals surface area contributed by atoms with Gasteiger partial charge in [0.1, 0.15) is 18.7 Å². The van der Waals surface area contributed by atoms with Gasteiger partial charge in [-0.15, -0.1) is 0 Å². The third-order valence-corrected chi connectivity index (χ3v) is 4.18. The van der Waals surface area contributed by atoms with Crippen molar-refractivity contribution in [3.63, 3.8) is 0 Å². The Morgan fingerprint density at radius 3 is 2.84 bits per heavy atom. The first-order chi connectivity index (χ1) is 12.0. The number of fused-ring (bicyclic) bond motifs is 1. The van der Waals surface area contributed by atoms with E-state index in [1.807, 2.05) is 0 Å². The van der Waals surface area contributed by atoms with E-state index in [4.69, 9.17) is 28.3 Å². The first kappa shape index (κ1) is 17.4. The van der Waals surface area contributed by atoms with Crippen LogP contribution in [-0.4, -0.2) is 37.2 Å². The van der Waals surface area contributed by atoms with Crippen LogP contribution in [0.25, 0.3) is 11.0 Å². The normalized spacial score (nSPS) is 11.0. The Balaban J connectivity index is 1.82. The number of ketones is 1. The number of H-pyrrole nitrogens is 1. The summed E-state index contributed by atoms with van der Waals surface area (Å²) < 4.78 is 1.21. The summed E-state index contributed by atoms with van der Waals surface area (Å²) in [6, 6.07) is 5.20. The number of aliphatic hydroxyl groups is 1. The van der Waals surface area contributed by atoms with Crippen LogP contribution in [0.1, 0.15) is 5.56 Å². The second-order valence-corrected chi connectivity index (χ2v) is 6.06. The zero-order valence-corrected chi connectivity index (χ0v) is 14.3. The molecule has 3 N–H and O–H groups in total. The highest BCUT2D eigenvalue weighted by Gasteiger charge is 2.12. The van der Waals surface area contributed by atoms with Crippen LogP contribution in [0, 0.1) is 0 Å². The molecular weight excluding hydrogens is 369 g/mol. The number of Topliss-reactive ketones (excluding diaryl/α,β-unsaturated/α-hetero) is 1. The Morgan fingerprint density at radius 2 is 2.12 bits per heavy atom. The predicted octanol–water partition coefficient (Wildman–Crippen LogP) is 1.60. The Morgan fingerprint density at radius 1 is 1.32 bits per heavy atom. The molecule has 3 aromatic rings. The monoisotopic (exact) mass is 381 g/mol. The highest BCUT2D eigenvalue weighted by atomic mass is 35.5. The third-order valence-electron chi connectivity index (χ3n) is 3.45. The number of hydrogen-bond donors (Lipinski definition) is 3. The van der Waals surface area contributed by atoms with E-state index in [-0.39, 0.29) is 18.0 Å². The van der Waals surface area contributed by atoms with Crippen LogP contribution < -0.4 is 10.9 Å². The van der Waals surface area contributed by atoms with E-state index in [1.54, 1.807) is 18.2 Å². The molecule has 10 heteroatoms. The van der Waals surface area contributed by atoms with Crippen molar-refractivity contribution in [1.82, 2.24) is 19.7 Å². The first-order valence-corrected chi connectivity index (χ1v) is 7.99. The summed E-state index contributed by atoms with van der Waals surface area (Å²) in [6.45, 7) is -0.431. The lowest BCUT2D eigenvalue weighted by Crippen LogP contribution is -2.20. The Bertz CT molecular complexity index is 998. The number of carbonyl (C=O) groups is 1. The maximum absolute atomic E-state index is 12.3. The van der Waals surface area contributed by atoms with Gasteiger partial charge in [-0.1, -0.05) is 29.3 Å². The Hall–Kier alpha value is -2.42. The van der Waals surface area contributed by atoms with Crippen LogP contribution in [-0.2, 0) is 17.9 Å². The molecule has 1 aromatic carbocycles. The molecule has 0 atom stereocenters. The van der Waals surface area contributed by atoms with E-state index >= 15 is 0 Å². The fourth-order valence-corrected chi connectivity index (χ4v) is 2.58. The summed E-state index contributed by atoms with van der Waals surface area (Å²) in [5.41, 5.74) is 0.930. The molecule has 25 heavy (non-hydrogen) atoms. The van der Waals surface area contributed by atoms with Gasteiger partial charge in [0, 0.05) is 6.54 Å². The highest BCUT2D eigenvalue weighted by Crippen LogP contribution is 2.22. The van der Waals surface area contributed by atoms with Crippen LogP contribution in [0.2, 0.25) is 10.0 Å². The van der Waals surface area contributed by atoms with E-state index in [2.05, 4.69) is 20.4 Å². The predicted molar refractivity (Wildman–Crippen MR) is 94.0 cm³/mol. The number of aliphatic hydroxyl groups excluding tert-OH is 1. The molecule has 3 rings (SSSR count). The minimum atomic E-state index is -0.615. The van der Waals surface area contributed by atoms with Crippen LogP contribution in [0.5, 0.6) is 0 Å². The van der Waals surface area contributed by atoms with Crippen molar-refractivity contribution in [2.24, 2.45) is 0 Å². The molecule has 0 amide bonds. The zero-order chi connectivity index (χ0) is 18.0. The van der Waals surface area contributed by atoms with Crippen molar-refractivity contribution in [2.75, 3.05) is 11.9 Å². The van der Waals surface area contributed by atoms with Crippen LogP contribution >= 0.6 is 23.2 Å². The topological polar surface area (TPSA) is 113 Å².